The summed E-state index contributed by atoms with van der Waals surface area (Å²) in [4.78, 5) is 12.9. The molecule has 0 aliphatic carbocycles. The van der Waals surface area contributed by atoms with Crippen molar-refractivity contribution < 1.29 is 14.3 Å². The zero-order chi connectivity index (χ0) is 13.8. The summed E-state index contributed by atoms with van der Waals surface area (Å²) in [7, 11) is 1.97. The van der Waals surface area contributed by atoms with Crippen molar-refractivity contribution in [3.8, 4) is 0 Å². The molecule has 19 heavy (non-hydrogen) atoms. The van der Waals surface area contributed by atoms with E-state index in [0.717, 1.165) is 17.7 Å². The van der Waals surface area contributed by atoms with Gasteiger partial charge in [0.2, 0.25) is 0 Å². The Morgan fingerprint density at radius 3 is 2.74 bits per heavy atom. The first-order valence-electron chi connectivity index (χ1n) is 5.77. The first kappa shape index (κ1) is 13.6. The van der Waals surface area contributed by atoms with Gasteiger partial charge in [0.05, 0.1) is 18.1 Å². The zero-order valence-corrected chi connectivity index (χ0v) is 11.2. The molecule has 5 heteroatoms. The maximum atomic E-state index is 10.8. The van der Waals surface area contributed by atoms with Crippen molar-refractivity contribution in [2.24, 2.45) is 0 Å². The number of benzene rings is 1. The Labute approximate surface area is 116 Å². The van der Waals surface area contributed by atoms with Gasteiger partial charge in [-0.3, -0.25) is 4.90 Å². The topological polar surface area (TPSA) is 53.7 Å². The fraction of sp³-hybridized carbons (Fsp3) is 0.214. The summed E-state index contributed by atoms with van der Waals surface area (Å²) in [5.74, 6) is -0.972. The molecule has 0 unspecified atom stereocenters. The van der Waals surface area contributed by atoms with Gasteiger partial charge in [0.15, 0.2) is 0 Å². The van der Waals surface area contributed by atoms with Crippen molar-refractivity contribution in [2.45, 2.75) is 13.1 Å². The van der Waals surface area contributed by atoms with Crippen molar-refractivity contribution >= 4 is 17.6 Å². The summed E-state index contributed by atoms with van der Waals surface area (Å²) in [5.41, 5.74) is 2.18. The van der Waals surface area contributed by atoms with Gasteiger partial charge in [-0.05, 0) is 30.8 Å². The number of aromatic carboxylic acids is 1. The van der Waals surface area contributed by atoms with E-state index < -0.39 is 5.97 Å². The van der Waals surface area contributed by atoms with Gasteiger partial charge in [-0.25, -0.2) is 4.79 Å². The summed E-state index contributed by atoms with van der Waals surface area (Å²) < 4.78 is 5.01. The van der Waals surface area contributed by atoms with Crippen LogP contribution in [0.4, 0.5) is 0 Å². The van der Waals surface area contributed by atoms with Crippen molar-refractivity contribution in [1.82, 2.24) is 4.90 Å². The first-order valence-corrected chi connectivity index (χ1v) is 6.15. The fourth-order valence-corrected chi connectivity index (χ4v) is 2.09. The molecule has 100 valence electrons. The number of hydrogen-bond acceptors (Lipinski definition) is 3. The number of carboxylic acids is 1. The van der Waals surface area contributed by atoms with Crippen LogP contribution in [0.2, 0.25) is 5.02 Å². The van der Waals surface area contributed by atoms with E-state index in [4.69, 9.17) is 21.1 Å². The monoisotopic (exact) mass is 279 g/mol. The SMILES string of the molecule is CN(Cc1ccoc1)Cc1ccc(C(=O)O)cc1Cl. The highest BCUT2D eigenvalue weighted by Crippen LogP contribution is 2.20. The lowest BCUT2D eigenvalue weighted by Gasteiger charge is -2.16. The Hall–Kier alpha value is -1.78. The summed E-state index contributed by atoms with van der Waals surface area (Å²) in [6.45, 7) is 1.39. The third-order valence-corrected chi connectivity index (χ3v) is 3.12. The van der Waals surface area contributed by atoms with Gasteiger partial charge in [0.1, 0.15) is 0 Å². The number of hydrogen-bond donors (Lipinski definition) is 1. The normalized spacial score (nSPS) is 10.9. The van der Waals surface area contributed by atoms with E-state index in [-0.39, 0.29) is 5.56 Å². The Bertz CT molecular complexity index is 566. The Kier molecular flexibility index (Phi) is 4.24. The molecule has 0 aliphatic heterocycles. The van der Waals surface area contributed by atoms with E-state index >= 15 is 0 Å². The van der Waals surface area contributed by atoms with Crippen LogP contribution in [0.5, 0.6) is 0 Å². The first-order chi connectivity index (χ1) is 9.06. The molecule has 0 amide bonds. The molecular formula is C14H14ClNO3. The van der Waals surface area contributed by atoms with Gasteiger partial charge in [-0.15, -0.1) is 0 Å². The standard InChI is InChI=1S/C14H14ClNO3/c1-16(7-10-4-5-19-9-10)8-12-3-2-11(14(17)18)6-13(12)15/h2-6,9H,7-8H2,1H3,(H,17,18). The molecule has 1 N–H and O–H groups in total. The number of rotatable bonds is 5. The third-order valence-electron chi connectivity index (χ3n) is 2.77. The molecule has 2 rings (SSSR count). The molecule has 0 saturated heterocycles. The van der Waals surface area contributed by atoms with Crippen LogP contribution in [0.3, 0.4) is 0 Å². The van der Waals surface area contributed by atoms with Gasteiger partial charge in [0.25, 0.3) is 0 Å². The van der Waals surface area contributed by atoms with Crippen molar-refractivity contribution in [3.05, 3.63) is 58.5 Å². The maximum absolute atomic E-state index is 10.8. The Balaban J connectivity index is 2.04. The minimum absolute atomic E-state index is 0.200. The molecule has 0 bridgehead atoms. The Morgan fingerprint density at radius 2 is 2.16 bits per heavy atom. The second-order valence-electron chi connectivity index (χ2n) is 4.42. The molecule has 1 aromatic carbocycles. The summed E-state index contributed by atoms with van der Waals surface area (Å²) >= 11 is 6.09. The van der Waals surface area contributed by atoms with E-state index in [1.54, 1.807) is 24.7 Å². The minimum Gasteiger partial charge on any atom is -0.478 e. The van der Waals surface area contributed by atoms with E-state index in [1.165, 1.54) is 6.07 Å². The lowest BCUT2D eigenvalue weighted by molar-refractivity contribution is 0.0697. The summed E-state index contributed by atoms with van der Waals surface area (Å²) in [5, 5.41) is 9.34. The molecular weight excluding hydrogens is 266 g/mol. The number of carbonyl (C=O) groups is 1. The zero-order valence-electron chi connectivity index (χ0n) is 10.5. The van der Waals surface area contributed by atoms with Crippen LogP contribution in [0.1, 0.15) is 21.5 Å². The molecule has 0 radical (unpaired) electrons. The molecule has 1 aromatic heterocycles. The minimum atomic E-state index is -0.972. The van der Waals surface area contributed by atoms with Crippen molar-refractivity contribution in [1.29, 1.82) is 0 Å². The van der Waals surface area contributed by atoms with Crippen LogP contribution in [0, 0.1) is 0 Å². The van der Waals surface area contributed by atoms with Crippen LogP contribution in [-0.2, 0) is 13.1 Å². The lowest BCUT2D eigenvalue weighted by atomic mass is 10.1. The van der Waals surface area contributed by atoms with Crippen LogP contribution in [-0.4, -0.2) is 23.0 Å². The Morgan fingerprint density at radius 1 is 1.37 bits per heavy atom. The molecule has 0 spiro atoms. The van der Waals surface area contributed by atoms with Crippen LogP contribution in [0.25, 0.3) is 0 Å². The van der Waals surface area contributed by atoms with E-state index in [2.05, 4.69) is 4.90 Å². The lowest BCUT2D eigenvalue weighted by Crippen LogP contribution is -2.17. The predicted molar refractivity (Wildman–Crippen MR) is 72.3 cm³/mol. The van der Waals surface area contributed by atoms with Crippen LogP contribution in [0.15, 0.2) is 41.2 Å². The summed E-state index contributed by atoms with van der Waals surface area (Å²) in [6, 6.07) is 6.70. The van der Waals surface area contributed by atoms with Crippen LogP contribution >= 0.6 is 11.6 Å². The highest BCUT2D eigenvalue weighted by atomic mass is 35.5. The van der Waals surface area contributed by atoms with E-state index in [0.29, 0.717) is 11.6 Å². The molecule has 4 nitrogen and oxygen atoms in total. The van der Waals surface area contributed by atoms with Gasteiger partial charge < -0.3 is 9.52 Å². The number of carboxylic acid groups (broad SMARTS) is 1. The summed E-state index contributed by atoms with van der Waals surface area (Å²) in [6.07, 6.45) is 3.34. The largest absolute Gasteiger partial charge is 0.478 e. The second-order valence-corrected chi connectivity index (χ2v) is 4.82. The number of furan rings is 1. The molecule has 0 atom stereocenters. The molecule has 0 fully saturated rings. The van der Waals surface area contributed by atoms with Crippen molar-refractivity contribution in [2.75, 3.05) is 7.05 Å². The highest BCUT2D eigenvalue weighted by molar-refractivity contribution is 6.31. The van der Waals surface area contributed by atoms with E-state index in [1.807, 2.05) is 13.1 Å². The smallest absolute Gasteiger partial charge is 0.335 e. The molecule has 0 aliphatic rings. The maximum Gasteiger partial charge on any atom is 0.335 e. The van der Waals surface area contributed by atoms with Gasteiger partial charge in [-0.1, -0.05) is 17.7 Å². The quantitative estimate of drug-likeness (QED) is 0.913. The average Bonchev–Trinajstić information content (AvgIpc) is 2.84. The highest BCUT2D eigenvalue weighted by Gasteiger charge is 2.09. The second kappa shape index (κ2) is 5.91. The number of halogens is 1. The molecule has 1 heterocycles. The molecule has 0 saturated carbocycles. The average molecular weight is 280 g/mol. The van der Waals surface area contributed by atoms with Gasteiger partial charge in [-0.2, -0.15) is 0 Å². The fourth-order valence-electron chi connectivity index (χ4n) is 1.85. The van der Waals surface area contributed by atoms with Gasteiger partial charge >= 0.3 is 5.97 Å². The van der Waals surface area contributed by atoms with E-state index in [9.17, 15) is 4.79 Å². The predicted octanol–water partition coefficient (Wildman–Crippen LogP) is 3.26. The van der Waals surface area contributed by atoms with Crippen molar-refractivity contribution in [3.63, 3.8) is 0 Å². The number of nitrogens with zero attached hydrogens (tertiary/aromatic N) is 1. The third kappa shape index (κ3) is 3.59. The molecule has 2 aromatic rings. The van der Waals surface area contributed by atoms with Gasteiger partial charge in [0, 0.05) is 23.7 Å². The van der Waals surface area contributed by atoms with Crippen LogP contribution < -0.4 is 0 Å².